The van der Waals surface area contributed by atoms with Crippen molar-refractivity contribution in [3.05, 3.63) is 59.2 Å². The average molecular weight is 241 g/mol. The summed E-state index contributed by atoms with van der Waals surface area (Å²) >= 11 is 0. The summed E-state index contributed by atoms with van der Waals surface area (Å²) in [4.78, 5) is 12.0. The number of aromatic hydroxyl groups is 1. The molecule has 0 aliphatic carbocycles. The zero-order valence-electron chi connectivity index (χ0n) is 10.4. The van der Waals surface area contributed by atoms with Gasteiger partial charge in [0.2, 0.25) is 0 Å². The van der Waals surface area contributed by atoms with Crippen LogP contribution in [0.3, 0.4) is 0 Å². The summed E-state index contributed by atoms with van der Waals surface area (Å²) in [5, 5.41) is 12.1. The van der Waals surface area contributed by atoms with Gasteiger partial charge in [-0.05, 0) is 38.1 Å². The van der Waals surface area contributed by atoms with E-state index in [4.69, 9.17) is 0 Å². The highest BCUT2D eigenvalue weighted by molar-refractivity contribution is 6.04. The highest BCUT2D eigenvalue weighted by Gasteiger charge is 2.07. The molecule has 0 aromatic heterocycles. The topological polar surface area (TPSA) is 49.3 Å². The van der Waals surface area contributed by atoms with Crippen LogP contribution in [0.15, 0.2) is 42.5 Å². The zero-order valence-corrected chi connectivity index (χ0v) is 10.4. The fourth-order valence-electron chi connectivity index (χ4n) is 1.89. The molecule has 0 saturated carbocycles. The maximum atomic E-state index is 12.0. The summed E-state index contributed by atoms with van der Waals surface area (Å²) < 4.78 is 0. The van der Waals surface area contributed by atoms with E-state index < -0.39 is 0 Å². The van der Waals surface area contributed by atoms with Gasteiger partial charge in [0.25, 0.3) is 5.91 Å². The van der Waals surface area contributed by atoms with Crippen LogP contribution in [-0.4, -0.2) is 11.0 Å². The lowest BCUT2D eigenvalue weighted by Gasteiger charge is -2.07. The number of phenolic OH excluding ortho intramolecular Hbond substituents is 1. The molecule has 0 spiro atoms. The van der Waals surface area contributed by atoms with Crippen LogP contribution >= 0.6 is 0 Å². The van der Waals surface area contributed by atoms with E-state index in [0.717, 1.165) is 11.1 Å². The second-order valence-electron chi connectivity index (χ2n) is 4.38. The third-order valence-electron chi connectivity index (χ3n) is 2.59. The van der Waals surface area contributed by atoms with Gasteiger partial charge >= 0.3 is 0 Å². The summed E-state index contributed by atoms with van der Waals surface area (Å²) in [6.07, 6.45) is 0. The highest BCUT2D eigenvalue weighted by Crippen LogP contribution is 2.17. The molecule has 2 aromatic carbocycles. The maximum absolute atomic E-state index is 12.0. The molecule has 0 atom stereocenters. The SMILES string of the molecule is Cc1cc(C)cc(C(=O)Nc2cccc(O)c2)c1. The molecule has 2 aromatic rings. The minimum atomic E-state index is -0.174. The fraction of sp³-hybridized carbons (Fsp3) is 0.133. The third kappa shape index (κ3) is 2.88. The van der Waals surface area contributed by atoms with Gasteiger partial charge in [0.1, 0.15) is 5.75 Å². The van der Waals surface area contributed by atoms with Crippen molar-refractivity contribution in [2.45, 2.75) is 13.8 Å². The Labute approximate surface area is 106 Å². The predicted octanol–water partition coefficient (Wildman–Crippen LogP) is 3.26. The van der Waals surface area contributed by atoms with Gasteiger partial charge in [0.05, 0.1) is 0 Å². The number of nitrogens with one attached hydrogen (secondary N) is 1. The van der Waals surface area contributed by atoms with Gasteiger partial charge in [-0.25, -0.2) is 0 Å². The molecule has 3 heteroatoms. The van der Waals surface area contributed by atoms with Gasteiger partial charge in [-0.3, -0.25) is 4.79 Å². The Kier molecular flexibility index (Phi) is 3.33. The first-order valence-electron chi connectivity index (χ1n) is 5.73. The van der Waals surface area contributed by atoms with Gasteiger partial charge < -0.3 is 10.4 Å². The molecule has 2 N–H and O–H groups in total. The largest absolute Gasteiger partial charge is 0.508 e. The molecule has 0 saturated heterocycles. The quantitative estimate of drug-likeness (QED) is 0.847. The number of carbonyl (C=O) groups is 1. The van der Waals surface area contributed by atoms with Crippen LogP contribution in [0.5, 0.6) is 5.75 Å². The minimum absolute atomic E-state index is 0.133. The maximum Gasteiger partial charge on any atom is 0.255 e. The van der Waals surface area contributed by atoms with Crippen molar-refractivity contribution in [3.63, 3.8) is 0 Å². The zero-order chi connectivity index (χ0) is 13.1. The summed E-state index contributed by atoms with van der Waals surface area (Å²) in [5.74, 6) is -0.0411. The molecule has 0 aliphatic rings. The van der Waals surface area contributed by atoms with Gasteiger partial charge in [0.15, 0.2) is 0 Å². The lowest BCUT2D eigenvalue weighted by atomic mass is 10.1. The number of rotatable bonds is 2. The molecule has 0 fully saturated rings. The molecule has 0 radical (unpaired) electrons. The van der Waals surface area contributed by atoms with E-state index in [-0.39, 0.29) is 11.7 Å². The van der Waals surface area contributed by atoms with Gasteiger partial charge in [-0.1, -0.05) is 23.3 Å². The number of carbonyl (C=O) groups excluding carboxylic acids is 1. The van der Waals surface area contributed by atoms with Crippen molar-refractivity contribution < 1.29 is 9.90 Å². The van der Waals surface area contributed by atoms with Crippen molar-refractivity contribution >= 4 is 11.6 Å². The number of anilines is 1. The van der Waals surface area contributed by atoms with Crippen LogP contribution in [0.2, 0.25) is 0 Å². The van der Waals surface area contributed by atoms with Gasteiger partial charge in [0, 0.05) is 17.3 Å². The van der Waals surface area contributed by atoms with Crippen LogP contribution in [0, 0.1) is 13.8 Å². The Bertz CT molecular complexity index is 571. The molecule has 0 heterocycles. The standard InChI is InChI=1S/C15H15NO2/c1-10-6-11(2)8-12(7-10)15(18)16-13-4-3-5-14(17)9-13/h3-9,17H,1-2H3,(H,16,18). The summed E-state index contributed by atoms with van der Waals surface area (Å²) in [7, 11) is 0. The Morgan fingerprint density at radius 3 is 2.33 bits per heavy atom. The smallest absolute Gasteiger partial charge is 0.255 e. The van der Waals surface area contributed by atoms with Crippen LogP contribution in [0.25, 0.3) is 0 Å². The number of hydrogen-bond acceptors (Lipinski definition) is 2. The molecule has 1 amide bonds. The monoisotopic (exact) mass is 241 g/mol. The Morgan fingerprint density at radius 1 is 1.06 bits per heavy atom. The number of phenols is 1. The second-order valence-corrected chi connectivity index (χ2v) is 4.38. The van der Waals surface area contributed by atoms with Crippen LogP contribution in [-0.2, 0) is 0 Å². The summed E-state index contributed by atoms with van der Waals surface area (Å²) in [6, 6.07) is 12.2. The van der Waals surface area contributed by atoms with Gasteiger partial charge in [-0.15, -0.1) is 0 Å². The molecule has 92 valence electrons. The predicted molar refractivity (Wildman–Crippen MR) is 72.0 cm³/mol. The summed E-state index contributed by atoms with van der Waals surface area (Å²) in [6.45, 7) is 3.91. The first-order valence-corrected chi connectivity index (χ1v) is 5.73. The van der Waals surface area contributed by atoms with E-state index in [9.17, 15) is 9.90 Å². The number of hydrogen-bond donors (Lipinski definition) is 2. The number of benzene rings is 2. The lowest BCUT2D eigenvalue weighted by Crippen LogP contribution is -2.12. The second kappa shape index (κ2) is 4.92. The van der Waals surface area contributed by atoms with E-state index in [0.29, 0.717) is 11.3 Å². The van der Waals surface area contributed by atoms with Crippen LogP contribution in [0.1, 0.15) is 21.5 Å². The van der Waals surface area contributed by atoms with Crippen molar-refractivity contribution in [2.75, 3.05) is 5.32 Å². The van der Waals surface area contributed by atoms with E-state index in [2.05, 4.69) is 5.32 Å². The third-order valence-corrected chi connectivity index (χ3v) is 2.59. The number of aryl methyl sites for hydroxylation is 2. The first-order chi connectivity index (χ1) is 8.54. The van der Waals surface area contributed by atoms with Crippen LogP contribution in [0.4, 0.5) is 5.69 Å². The molecule has 0 aliphatic heterocycles. The normalized spacial score (nSPS) is 10.1. The van der Waals surface area contributed by atoms with Crippen LogP contribution < -0.4 is 5.32 Å². The van der Waals surface area contributed by atoms with Crippen molar-refractivity contribution in [1.82, 2.24) is 0 Å². The van der Waals surface area contributed by atoms with Gasteiger partial charge in [-0.2, -0.15) is 0 Å². The molecule has 0 unspecified atom stereocenters. The summed E-state index contributed by atoms with van der Waals surface area (Å²) in [5.41, 5.74) is 3.31. The molecule has 3 nitrogen and oxygen atoms in total. The molecule has 2 rings (SSSR count). The van der Waals surface area contributed by atoms with Crippen molar-refractivity contribution in [3.8, 4) is 5.75 Å². The van der Waals surface area contributed by atoms with E-state index in [1.807, 2.05) is 32.0 Å². The number of amides is 1. The Balaban J connectivity index is 2.22. The molecule has 18 heavy (non-hydrogen) atoms. The Morgan fingerprint density at radius 2 is 1.72 bits per heavy atom. The van der Waals surface area contributed by atoms with E-state index in [1.54, 1.807) is 18.2 Å². The first kappa shape index (κ1) is 12.2. The fourth-order valence-corrected chi connectivity index (χ4v) is 1.89. The molecular formula is C15H15NO2. The van der Waals surface area contributed by atoms with Crippen molar-refractivity contribution in [2.24, 2.45) is 0 Å². The minimum Gasteiger partial charge on any atom is -0.508 e. The molecular weight excluding hydrogens is 226 g/mol. The highest BCUT2D eigenvalue weighted by atomic mass is 16.3. The Hall–Kier alpha value is -2.29. The van der Waals surface area contributed by atoms with Crippen molar-refractivity contribution in [1.29, 1.82) is 0 Å². The van der Waals surface area contributed by atoms with E-state index >= 15 is 0 Å². The van der Waals surface area contributed by atoms with E-state index in [1.165, 1.54) is 6.07 Å². The average Bonchev–Trinajstić information content (AvgIpc) is 2.27. The molecule has 0 bridgehead atoms. The lowest BCUT2D eigenvalue weighted by molar-refractivity contribution is 0.102.